The average molecular weight is 526 g/mol. The van der Waals surface area contributed by atoms with Gasteiger partial charge in [-0.25, -0.2) is 0 Å². The summed E-state index contributed by atoms with van der Waals surface area (Å²) >= 11 is 1.82. The van der Waals surface area contributed by atoms with Crippen molar-refractivity contribution in [1.82, 2.24) is 10.2 Å². The summed E-state index contributed by atoms with van der Waals surface area (Å²) in [5, 5.41) is 7.22. The molecule has 29 heavy (non-hydrogen) atoms. The van der Waals surface area contributed by atoms with Gasteiger partial charge in [-0.05, 0) is 35.9 Å². The molecule has 0 spiro atoms. The van der Waals surface area contributed by atoms with Crippen molar-refractivity contribution in [2.45, 2.75) is 18.3 Å². The number of halogens is 1. The van der Waals surface area contributed by atoms with E-state index in [1.807, 2.05) is 18.4 Å². The third-order valence-corrected chi connectivity index (χ3v) is 6.96. The van der Waals surface area contributed by atoms with Crippen molar-refractivity contribution in [2.24, 2.45) is 4.99 Å². The molecule has 0 unspecified atom stereocenters. The molecule has 0 atom stereocenters. The van der Waals surface area contributed by atoms with Gasteiger partial charge in [0, 0.05) is 58.4 Å². The third kappa shape index (κ3) is 5.24. The fourth-order valence-electron chi connectivity index (χ4n) is 4.29. The molecule has 4 rings (SSSR count). The van der Waals surface area contributed by atoms with E-state index in [2.05, 4.69) is 68.0 Å². The van der Waals surface area contributed by atoms with Gasteiger partial charge in [-0.15, -0.1) is 35.3 Å². The summed E-state index contributed by atoms with van der Waals surface area (Å²) < 4.78 is 5.67. The highest BCUT2D eigenvalue weighted by Crippen LogP contribution is 2.34. The van der Waals surface area contributed by atoms with Gasteiger partial charge in [0.2, 0.25) is 0 Å². The van der Waals surface area contributed by atoms with Gasteiger partial charge in [0.25, 0.3) is 0 Å². The lowest BCUT2D eigenvalue weighted by Gasteiger charge is -2.41. The zero-order valence-electron chi connectivity index (χ0n) is 17.0. The smallest absolute Gasteiger partial charge is 0.193 e. The minimum Gasteiger partial charge on any atom is -0.381 e. The molecule has 158 valence electrons. The molecule has 2 aliphatic rings. The van der Waals surface area contributed by atoms with Crippen molar-refractivity contribution < 1.29 is 4.74 Å². The van der Waals surface area contributed by atoms with Gasteiger partial charge in [-0.1, -0.05) is 30.3 Å². The Morgan fingerprint density at radius 1 is 1.07 bits per heavy atom. The highest BCUT2D eigenvalue weighted by atomic mass is 127. The van der Waals surface area contributed by atoms with Gasteiger partial charge >= 0.3 is 0 Å². The number of nitrogens with zero attached hydrogens (tertiary/aromatic N) is 3. The second kappa shape index (κ2) is 10.6. The van der Waals surface area contributed by atoms with Gasteiger partial charge in [-0.2, -0.15) is 0 Å². The summed E-state index contributed by atoms with van der Waals surface area (Å²) in [6, 6.07) is 15.2. The molecule has 0 amide bonds. The average Bonchev–Trinajstić information content (AvgIpc) is 3.31. The van der Waals surface area contributed by atoms with Crippen LogP contribution >= 0.6 is 35.3 Å². The summed E-state index contributed by atoms with van der Waals surface area (Å²) in [7, 11) is 1.90. The van der Waals surface area contributed by atoms with Crippen LogP contribution in [0.25, 0.3) is 0 Å². The van der Waals surface area contributed by atoms with Crippen LogP contribution in [0.1, 0.15) is 18.4 Å². The van der Waals surface area contributed by atoms with Crippen molar-refractivity contribution in [3.8, 4) is 0 Å². The SMILES string of the molecule is CN=C(NCC1(c2ccccc2)CCOCC1)N1CCN(c2cccs2)CC1.I. The molecule has 7 heteroatoms. The van der Waals surface area contributed by atoms with Crippen LogP contribution in [0.2, 0.25) is 0 Å². The van der Waals surface area contributed by atoms with Crippen molar-refractivity contribution in [3.05, 3.63) is 53.4 Å². The van der Waals surface area contributed by atoms with Crippen LogP contribution in [0.15, 0.2) is 52.8 Å². The lowest BCUT2D eigenvalue weighted by atomic mass is 9.74. The highest BCUT2D eigenvalue weighted by molar-refractivity contribution is 14.0. The third-order valence-electron chi connectivity index (χ3n) is 6.03. The lowest BCUT2D eigenvalue weighted by molar-refractivity contribution is 0.0511. The monoisotopic (exact) mass is 526 g/mol. The molecule has 2 saturated heterocycles. The molecule has 1 aromatic heterocycles. The quantitative estimate of drug-likeness (QED) is 0.374. The fourth-order valence-corrected chi connectivity index (χ4v) is 5.08. The number of anilines is 1. The Kier molecular flexibility index (Phi) is 8.20. The fraction of sp³-hybridized carbons (Fsp3) is 0.500. The van der Waals surface area contributed by atoms with E-state index in [1.165, 1.54) is 10.6 Å². The molecule has 1 N–H and O–H groups in total. The first-order valence-corrected chi connectivity index (χ1v) is 11.1. The Morgan fingerprint density at radius 2 is 1.79 bits per heavy atom. The topological polar surface area (TPSA) is 40.1 Å². The maximum Gasteiger partial charge on any atom is 0.193 e. The van der Waals surface area contributed by atoms with Crippen LogP contribution in [0.4, 0.5) is 5.00 Å². The van der Waals surface area contributed by atoms with Crippen LogP contribution in [0.5, 0.6) is 0 Å². The van der Waals surface area contributed by atoms with Gasteiger partial charge in [-0.3, -0.25) is 4.99 Å². The molecule has 3 heterocycles. The number of benzene rings is 1. The Bertz CT molecular complexity index is 754. The minimum atomic E-state index is 0. The van der Waals surface area contributed by atoms with E-state index in [0.29, 0.717) is 0 Å². The second-order valence-corrected chi connectivity index (χ2v) is 8.51. The first-order valence-electron chi connectivity index (χ1n) is 10.2. The summed E-state index contributed by atoms with van der Waals surface area (Å²) in [5.74, 6) is 1.02. The zero-order chi connectivity index (χ0) is 19.2. The van der Waals surface area contributed by atoms with Gasteiger partial charge in [0.05, 0.1) is 5.00 Å². The first kappa shape index (κ1) is 22.4. The van der Waals surface area contributed by atoms with Crippen LogP contribution in [0, 0.1) is 0 Å². The number of piperazine rings is 1. The molecule has 0 saturated carbocycles. The van der Waals surface area contributed by atoms with Crippen LogP contribution in [-0.4, -0.2) is 63.8 Å². The van der Waals surface area contributed by atoms with E-state index in [1.54, 1.807) is 0 Å². The predicted octanol–water partition coefficient (Wildman–Crippen LogP) is 3.81. The van der Waals surface area contributed by atoms with E-state index in [9.17, 15) is 0 Å². The van der Waals surface area contributed by atoms with Crippen molar-refractivity contribution in [2.75, 3.05) is 57.9 Å². The number of thiophene rings is 1. The lowest BCUT2D eigenvalue weighted by Crippen LogP contribution is -2.54. The molecular weight excluding hydrogens is 495 g/mol. The Hall–Kier alpha value is -1.32. The highest BCUT2D eigenvalue weighted by Gasteiger charge is 2.35. The number of aliphatic imine (C=N–C) groups is 1. The second-order valence-electron chi connectivity index (χ2n) is 7.58. The summed E-state index contributed by atoms with van der Waals surface area (Å²) in [4.78, 5) is 9.45. The van der Waals surface area contributed by atoms with E-state index in [4.69, 9.17) is 4.74 Å². The number of nitrogens with one attached hydrogen (secondary N) is 1. The molecule has 5 nitrogen and oxygen atoms in total. The largest absolute Gasteiger partial charge is 0.381 e. The molecule has 2 aromatic rings. The molecule has 0 aliphatic carbocycles. The number of hydrogen-bond acceptors (Lipinski definition) is 4. The maximum atomic E-state index is 5.67. The molecular formula is C22H31IN4OS. The van der Waals surface area contributed by atoms with Crippen molar-refractivity contribution >= 4 is 46.3 Å². The Balaban J connectivity index is 0.00000240. The van der Waals surface area contributed by atoms with E-state index < -0.39 is 0 Å². The standard InChI is InChI=1S/C22H30N4OS.HI/c1-23-21(26-13-11-25(12-14-26)20-8-5-17-28-20)24-18-22(9-15-27-16-10-22)19-6-3-2-4-7-19;/h2-8,17H,9-16,18H2,1H3,(H,23,24);1H. The maximum absolute atomic E-state index is 5.67. The molecule has 1 aromatic carbocycles. The van der Waals surface area contributed by atoms with Crippen LogP contribution in [-0.2, 0) is 10.2 Å². The number of guanidine groups is 1. The van der Waals surface area contributed by atoms with Crippen molar-refractivity contribution in [1.29, 1.82) is 0 Å². The summed E-state index contributed by atoms with van der Waals surface area (Å²) in [6.45, 7) is 6.64. The first-order chi connectivity index (χ1) is 13.8. The van der Waals surface area contributed by atoms with E-state index in [0.717, 1.165) is 64.7 Å². The van der Waals surface area contributed by atoms with Crippen LogP contribution in [0.3, 0.4) is 0 Å². The summed E-state index contributed by atoms with van der Waals surface area (Å²) in [5.41, 5.74) is 1.53. The molecule has 0 radical (unpaired) electrons. The molecule has 2 aliphatic heterocycles. The van der Waals surface area contributed by atoms with E-state index in [-0.39, 0.29) is 29.4 Å². The Labute approximate surface area is 195 Å². The van der Waals surface area contributed by atoms with Crippen LogP contribution < -0.4 is 10.2 Å². The van der Waals surface area contributed by atoms with Gasteiger partial charge in [0.1, 0.15) is 0 Å². The van der Waals surface area contributed by atoms with Crippen molar-refractivity contribution in [3.63, 3.8) is 0 Å². The number of hydrogen-bond donors (Lipinski definition) is 1. The molecule has 2 fully saturated rings. The minimum absolute atomic E-state index is 0. The molecule has 0 bridgehead atoms. The normalized spacial score (nSPS) is 19.6. The summed E-state index contributed by atoms with van der Waals surface area (Å²) in [6.07, 6.45) is 2.10. The zero-order valence-corrected chi connectivity index (χ0v) is 20.2. The Morgan fingerprint density at radius 3 is 2.41 bits per heavy atom. The predicted molar refractivity (Wildman–Crippen MR) is 133 cm³/mol. The van der Waals surface area contributed by atoms with Gasteiger partial charge in [0.15, 0.2) is 5.96 Å². The van der Waals surface area contributed by atoms with E-state index >= 15 is 0 Å². The number of ether oxygens (including phenoxy) is 1. The number of rotatable bonds is 4. The van der Waals surface area contributed by atoms with Gasteiger partial charge < -0.3 is 19.9 Å².